The Morgan fingerprint density at radius 1 is 1.00 bits per heavy atom. The Labute approximate surface area is 125 Å². The van der Waals surface area contributed by atoms with E-state index < -0.39 is 0 Å². The van der Waals surface area contributed by atoms with E-state index in [1.807, 2.05) is 16.9 Å². The van der Waals surface area contributed by atoms with Crippen LogP contribution in [-0.2, 0) is 6.54 Å². The van der Waals surface area contributed by atoms with Crippen LogP contribution >= 0.6 is 0 Å². The van der Waals surface area contributed by atoms with Crippen molar-refractivity contribution in [2.45, 2.75) is 32.9 Å². The van der Waals surface area contributed by atoms with Gasteiger partial charge in [0.05, 0.1) is 17.4 Å². The number of nitrogens with one attached hydrogen (secondary N) is 1. The third-order valence-electron chi connectivity index (χ3n) is 3.51. The maximum atomic E-state index is 4.56. The van der Waals surface area contributed by atoms with Crippen molar-refractivity contribution in [3.8, 4) is 5.69 Å². The summed E-state index contributed by atoms with van der Waals surface area (Å²) < 4.78 is 2.02. The van der Waals surface area contributed by atoms with Crippen LogP contribution in [-0.4, -0.2) is 15.3 Å². The summed E-state index contributed by atoms with van der Waals surface area (Å²) in [4.78, 5) is 0. The van der Waals surface area contributed by atoms with Crippen LogP contribution in [0.1, 0.15) is 26.3 Å². The van der Waals surface area contributed by atoms with Crippen molar-refractivity contribution >= 4 is 10.9 Å². The van der Waals surface area contributed by atoms with Gasteiger partial charge in [-0.15, -0.1) is 0 Å². The average Bonchev–Trinajstić information content (AvgIpc) is 2.88. The Balaban J connectivity index is 2.02. The monoisotopic (exact) mass is 279 g/mol. The molecular formula is C18H21N3. The maximum Gasteiger partial charge on any atom is 0.0741 e. The quantitative estimate of drug-likeness (QED) is 0.787. The Hall–Kier alpha value is -2.13. The molecule has 0 aliphatic carbocycles. The van der Waals surface area contributed by atoms with E-state index in [4.69, 9.17) is 0 Å². The summed E-state index contributed by atoms with van der Waals surface area (Å²) in [5, 5.41) is 9.27. The minimum atomic E-state index is 0.0965. The lowest BCUT2D eigenvalue weighted by atomic mass is 10.1. The van der Waals surface area contributed by atoms with Gasteiger partial charge in [-0.2, -0.15) is 5.10 Å². The Kier molecular flexibility index (Phi) is 3.52. The van der Waals surface area contributed by atoms with E-state index in [1.165, 1.54) is 5.56 Å². The molecule has 0 atom stereocenters. The molecule has 0 spiro atoms. The fraction of sp³-hybridized carbons (Fsp3) is 0.278. The van der Waals surface area contributed by atoms with Gasteiger partial charge in [0.25, 0.3) is 0 Å². The molecule has 3 rings (SSSR count). The summed E-state index contributed by atoms with van der Waals surface area (Å²) in [6.07, 6.45) is 1.92. The van der Waals surface area contributed by atoms with Gasteiger partial charge >= 0.3 is 0 Å². The summed E-state index contributed by atoms with van der Waals surface area (Å²) in [5.74, 6) is 0. The molecule has 0 aliphatic rings. The van der Waals surface area contributed by atoms with Crippen LogP contribution in [0.2, 0.25) is 0 Å². The lowest BCUT2D eigenvalue weighted by Gasteiger charge is -2.21. The highest BCUT2D eigenvalue weighted by Gasteiger charge is 2.12. The second-order valence-corrected chi connectivity index (χ2v) is 6.35. The number of benzene rings is 2. The number of hydrogen-bond donors (Lipinski definition) is 1. The highest BCUT2D eigenvalue weighted by Crippen LogP contribution is 2.21. The molecule has 108 valence electrons. The van der Waals surface area contributed by atoms with Crippen molar-refractivity contribution in [1.29, 1.82) is 0 Å². The number of hydrogen-bond acceptors (Lipinski definition) is 2. The van der Waals surface area contributed by atoms with E-state index >= 15 is 0 Å². The molecule has 0 radical (unpaired) electrons. The zero-order valence-electron chi connectivity index (χ0n) is 12.8. The molecule has 3 heteroatoms. The highest BCUT2D eigenvalue weighted by atomic mass is 15.3. The first-order valence-corrected chi connectivity index (χ1v) is 7.31. The predicted octanol–water partition coefficient (Wildman–Crippen LogP) is 3.91. The van der Waals surface area contributed by atoms with Gasteiger partial charge < -0.3 is 5.32 Å². The molecule has 1 aromatic heterocycles. The van der Waals surface area contributed by atoms with Gasteiger partial charge in [-0.05, 0) is 38.5 Å². The lowest BCUT2D eigenvalue weighted by Crippen LogP contribution is -2.35. The molecule has 0 saturated heterocycles. The van der Waals surface area contributed by atoms with E-state index in [2.05, 4.69) is 73.7 Å². The van der Waals surface area contributed by atoms with E-state index in [0.29, 0.717) is 0 Å². The molecule has 3 aromatic rings. The van der Waals surface area contributed by atoms with Gasteiger partial charge in [0, 0.05) is 17.5 Å². The topological polar surface area (TPSA) is 29.9 Å². The summed E-state index contributed by atoms with van der Waals surface area (Å²) in [7, 11) is 0. The van der Waals surface area contributed by atoms with Gasteiger partial charge in [-0.3, -0.25) is 0 Å². The van der Waals surface area contributed by atoms with Crippen LogP contribution in [0, 0.1) is 0 Å². The number of nitrogens with zero attached hydrogens (tertiary/aromatic N) is 2. The van der Waals surface area contributed by atoms with Crippen LogP contribution in [0.3, 0.4) is 0 Å². The smallest absolute Gasteiger partial charge is 0.0741 e. The van der Waals surface area contributed by atoms with Crippen LogP contribution in [0.25, 0.3) is 16.6 Å². The molecule has 1 heterocycles. The normalized spacial score (nSPS) is 12.0. The lowest BCUT2D eigenvalue weighted by molar-refractivity contribution is 0.424. The van der Waals surface area contributed by atoms with Crippen molar-refractivity contribution < 1.29 is 0 Å². The van der Waals surface area contributed by atoms with Crippen molar-refractivity contribution in [3.63, 3.8) is 0 Å². The minimum absolute atomic E-state index is 0.0965. The highest BCUT2D eigenvalue weighted by molar-refractivity contribution is 5.80. The summed E-state index contributed by atoms with van der Waals surface area (Å²) in [6, 6.07) is 16.7. The Morgan fingerprint density at radius 3 is 2.52 bits per heavy atom. The molecule has 0 unspecified atom stereocenters. The minimum Gasteiger partial charge on any atom is -0.308 e. The number of aromatic nitrogens is 2. The second kappa shape index (κ2) is 5.34. The van der Waals surface area contributed by atoms with Crippen LogP contribution in [0.4, 0.5) is 0 Å². The molecule has 2 aromatic carbocycles. The van der Waals surface area contributed by atoms with Crippen LogP contribution < -0.4 is 5.32 Å². The fourth-order valence-electron chi connectivity index (χ4n) is 2.39. The fourth-order valence-corrected chi connectivity index (χ4v) is 2.39. The molecule has 0 amide bonds. The SMILES string of the molecule is CC(C)(C)NCc1ccccc1-n1ncc2ccccc21. The maximum absolute atomic E-state index is 4.56. The molecule has 0 bridgehead atoms. The third kappa shape index (κ3) is 2.98. The van der Waals surface area contributed by atoms with Crippen LogP contribution in [0.15, 0.2) is 54.7 Å². The van der Waals surface area contributed by atoms with E-state index in [1.54, 1.807) is 0 Å². The van der Waals surface area contributed by atoms with Crippen molar-refractivity contribution in [1.82, 2.24) is 15.1 Å². The molecule has 21 heavy (non-hydrogen) atoms. The molecule has 3 nitrogen and oxygen atoms in total. The van der Waals surface area contributed by atoms with Gasteiger partial charge in [-0.1, -0.05) is 36.4 Å². The molecule has 0 fully saturated rings. The molecule has 0 aliphatic heterocycles. The number of fused-ring (bicyclic) bond motifs is 1. The Bertz CT molecular complexity index is 750. The third-order valence-corrected chi connectivity index (χ3v) is 3.51. The standard InChI is InChI=1S/C18H21N3/c1-18(2,3)19-12-14-8-4-6-10-16(14)21-17-11-7-5-9-15(17)13-20-21/h4-11,13,19H,12H2,1-3H3. The second-order valence-electron chi connectivity index (χ2n) is 6.35. The molecular weight excluding hydrogens is 258 g/mol. The first-order chi connectivity index (χ1) is 10.0. The van der Waals surface area contributed by atoms with Crippen molar-refractivity contribution in [2.75, 3.05) is 0 Å². The largest absolute Gasteiger partial charge is 0.308 e. The van der Waals surface area contributed by atoms with Crippen molar-refractivity contribution in [3.05, 3.63) is 60.3 Å². The first kappa shape index (κ1) is 13.8. The average molecular weight is 279 g/mol. The van der Waals surface area contributed by atoms with Crippen molar-refractivity contribution in [2.24, 2.45) is 0 Å². The van der Waals surface area contributed by atoms with Gasteiger partial charge in [0.2, 0.25) is 0 Å². The summed E-state index contributed by atoms with van der Waals surface area (Å²) in [5.41, 5.74) is 3.62. The Morgan fingerprint density at radius 2 is 1.71 bits per heavy atom. The zero-order valence-corrected chi connectivity index (χ0v) is 12.8. The van der Waals surface area contributed by atoms with E-state index in [9.17, 15) is 0 Å². The molecule has 1 N–H and O–H groups in total. The van der Waals surface area contributed by atoms with Gasteiger partial charge in [0.1, 0.15) is 0 Å². The van der Waals surface area contributed by atoms with E-state index in [0.717, 1.165) is 23.1 Å². The summed E-state index contributed by atoms with van der Waals surface area (Å²) in [6.45, 7) is 7.37. The predicted molar refractivity (Wildman–Crippen MR) is 87.7 cm³/mol. The van der Waals surface area contributed by atoms with E-state index in [-0.39, 0.29) is 5.54 Å². The summed E-state index contributed by atoms with van der Waals surface area (Å²) >= 11 is 0. The van der Waals surface area contributed by atoms with Crippen LogP contribution in [0.5, 0.6) is 0 Å². The zero-order chi connectivity index (χ0) is 14.9. The van der Waals surface area contributed by atoms with Gasteiger partial charge in [0.15, 0.2) is 0 Å². The molecule has 0 saturated carbocycles. The number of rotatable bonds is 3. The van der Waals surface area contributed by atoms with Gasteiger partial charge in [-0.25, -0.2) is 4.68 Å². The number of para-hydroxylation sites is 2. The first-order valence-electron chi connectivity index (χ1n) is 7.31.